The molecule has 2 amide bonds. The summed E-state index contributed by atoms with van der Waals surface area (Å²) < 4.78 is 24.2. The molecular weight excluding hydrogens is 291 g/mol. The molecule has 0 atom stereocenters. The Morgan fingerprint density at radius 2 is 2.09 bits per heavy atom. The number of aryl methyl sites for hydroxylation is 1. The van der Waals surface area contributed by atoms with Gasteiger partial charge in [0.15, 0.2) is 11.5 Å². The molecule has 22 heavy (non-hydrogen) atoms. The standard InChI is InChI=1S/C15H17FN2O4/c1-8-5-9(16)12-11(6-8)21-7-10(13(19)18-12)17-14(20)22-15(2,3)4/h5-6H,7H2,1-4H3,(H,18,19). The summed E-state index contributed by atoms with van der Waals surface area (Å²) >= 11 is 0. The van der Waals surface area contributed by atoms with Gasteiger partial charge in [-0.05, 0) is 45.4 Å². The zero-order chi connectivity index (χ0) is 16.5. The van der Waals surface area contributed by atoms with Crippen LogP contribution in [0.2, 0.25) is 0 Å². The van der Waals surface area contributed by atoms with E-state index in [1.165, 1.54) is 6.07 Å². The second-order valence-electron chi connectivity index (χ2n) is 5.90. The van der Waals surface area contributed by atoms with Crippen molar-refractivity contribution in [3.63, 3.8) is 0 Å². The molecule has 7 heteroatoms. The molecule has 0 fully saturated rings. The number of hydrogen-bond acceptors (Lipinski definition) is 4. The van der Waals surface area contributed by atoms with Crippen LogP contribution in [0, 0.1) is 12.7 Å². The van der Waals surface area contributed by atoms with Crippen molar-refractivity contribution in [3.8, 4) is 5.75 Å². The number of anilines is 1. The minimum absolute atomic E-state index is 0.0648. The van der Waals surface area contributed by atoms with E-state index in [4.69, 9.17) is 9.47 Å². The Hall–Kier alpha value is -2.44. The number of halogens is 1. The van der Waals surface area contributed by atoms with Gasteiger partial charge in [-0.25, -0.2) is 9.18 Å². The van der Waals surface area contributed by atoms with E-state index in [0.29, 0.717) is 5.56 Å². The Morgan fingerprint density at radius 3 is 2.73 bits per heavy atom. The Balaban J connectivity index is 2.25. The number of ether oxygens (including phenoxy) is 2. The molecular formula is C15H17FN2O4. The van der Waals surface area contributed by atoms with Gasteiger partial charge in [0.05, 0.1) is 0 Å². The number of carbonyl (C=O) groups is 2. The topological polar surface area (TPSA) is 77.0 Å². The number of nitrogens with zero attached hydrogens (tertiary/aromatic N) is 1. The van der Waals surface area contributed by atoms with Gasteiger partial charge in [-0.1, -0.05) is 0 Å². The fourth-order valence-corrected chi connectivity index (χ4v) is 1.82. The van der Waals surface area contributed by atoms with Crippen LogP contribution in [0.3, 0.4) is 0 Å². The van der Waals surface area contributed by atoms with Crippen LogP contribution in [0.4, 0.5) is 14.9 Å². The van der Waals surface area contributed by atoms with E-state index in [9.17, 15) is 14.0 Å². The fourth-order valence-electron chi connectivity index (χ4n) is 1.82. The van der Waals surface area contributed by atoms with Gasteiger partial charge in [0.25, 0.3) is 5.91 Å². The first kappa shape index (κ1) is 15.9. The number of aliphatic imine (C=N–C) groups is 1. The van der Waals surface area contributed by atoms with Crippen LogP contribution in [-0.2, 0) is 9.53 Å². The summed E-state index contributed by atoms with van der Waals surface area (Å²) in [6, 6.07) is 2.87. The van der Waals surface area contributed by atoms with Crippen molar-refractivity contribution < 1.29 is 23.5 Å². The third-order valence-corrected chi connectivity index (χ3v) is 2.68. The smallest absolute Gasteiger partial charge is 0.434 e. The molecule has 0 saturated carbocycles. The maximum Gasteiger partial charge on any atom is 0.434 e. The second kappa shape index (κ2) is 5.75. The zero-order valence-corrected chi connectivity index (χ0v) is 12.8. The van der Waals surface area contributed by atoms with Gasteiger partial charge < -0.3 is 14.8 Å². The van der Waals surface area contributed by atoms with Crippen molar-refractivity contribution >= 4 is 23.4 Å². The van der Waals surface area contributed by atoms with Crippen molar-refractivity contribution in [1.82, 2.24) is 0 Å². The van der Waals surface area contributed by atoms with Gasteiger partial charge in [-0.2, -0.15) is 4.99 Å². The molecule has 1 aromatic carbocycles. The number of amides is 2. The molecule has 2 rings (SSSR count). The molecule has 0 spiro atoms. The lowest BCUT2D eigenvalue weighted by Crippen LogP contribution is -2.28. The Morgan fingerprint density at radius 1 is 1.41 bits per heavy atom. The van der Waals surface area contributed by atoms with Crippen molar-refractivity contribution in [1.29, 1.82) is 0 Å². The molecule has 1 N–H and O–H groups in total. The van der Waals surface area contributed by atoms with Gasteiger partial charge in [-0.15, -0.1) is 0 Å². The van der Waals surface area contributed by atoms with Crippen LogP contribution in [0.15, 0.2) is 17.1 Å². The molecule has 0 saturated heterocycles. The van der Waals surface area contributed by atoms with Crippen molar-refractivity contribution in [2.45, 2.75) is 33.3 Å². The number of nitrogens with one attached hydrogen (secondary N) is 1. The van der Waals surface area contributed by atoms with E-state index >= 15 is 0 Å². The number of benzene rings is 1. The Kier molecular flexibility index (Phi) is 4.16. The first-order valence-electron chi connectivity index (χ1n) is 6.70. The fraction of sp³-hybridized carbons (Fsp3) is 0.400. The quantitative estimate of drug-likeness (QED) is 0.799. The summed E-state index contributed by atoms with van der Waals surface area (Å²) in [5.74, 6) is -1.12. The molecule has 1 aliphatic rings. The van der Waals surface area contributed by atoms with E-state index in [2.05, 4.69) is 10.3 Å². The number of rotatable bonds is 0. The van der Waals surface area contributed by atoms with Crippen LogP contribution >= 0.6 is 0 Å². The lowest BCUT2D eigenvalue weighted by Gasteiger charge is -2.17. The molecule has 0 aromatic heterocycles. The summed E-state index contributed by atoms with van der Waals surface area (Å²) in [4.78, 5) is 27.3. The molecule has 6 nitrogen and oxygen atoms in total. The van der Waals surface area contributed by atoms with Crippen LogP contribution in [0.5, 0.6) is 5.75 Å². The van der Waals surface area contributed by atoms with E-state index in [1.807, 2.05) is 0 Å². The summed E-state index contributed by atoms with van der Waals surface area (Å²) in [6.07, 6.45) is -0.899. The number of carbonyl (C=O) groups excluding carboxylic acids is 2. The predicted octanol–water partition coefficient (Wildman–Crippen LogP) is 2.84. The molecule has 0 unspecified atom stereocenters. The van der Waals surface area contributed by atoms with Crippen LogP contribution in [-0.4, -0.2) is 29.9 Å². The highest BCUT2D eigenvalue weighted by Crippen LogP contribution is 2.30. The molecule has 1 aliphatic heterocycles. The first-order valence-corrected chi connectivity index (χ1v) is 6.70. The van der Waals surface area contributed by atoms with Gasteiger partial charge >= 0.3 is 6.09 Å². The lowest BCUT2D eigenvalue weighted by atomic mass is 10.2. The van der Waals surface area contributed by atoms with E-state index < -0.39 is 23.4 Å². The molecule has 0 radical (unpaired) electrons. The summed E-state index contributed by atoms with van der Waals surface area (Å²) in [7, 11) is 0. The molecule has 0 bridgehead atoms. The zero-order valence-electron chi connectivity index (χ0n) is 12.8. The third kappa shape index (κ3) is 3.81. The van der Waals surface area contributed by atoms with Crippen LogP contribution in [0.1, 0.15) is 26.3 Å². The van der Waals surface area contributed by atoms with Gasteiger partial charge in [0.1, 0.15) is 23.6 Å². The predicted molar refractivity (Wildman–Crippen MR) is 78.9 cm³/mol. The maximum atomic E-state index is 13.9. The molecule has 0 aliphatic carbocycles. The van der Waals surface area contributed by atoms with Crippen molar-refractivity contribution in [2.75, 3.05) is 11.9 Å². The van der Waals surface area contributed by atoms with Gasteiger partial charge in [-0.3, -0.25) is 4.79 Å². The second-order valence-corrected chi connectivity index (χ2v) is 5.90. The average molecular weight is 308 g/mol. The van der Waals surface area contributed by atoms with Gasteiger partial charge in [0, 0.05) is 0 Å². The minimum atomic E-state index is -0.899. The van der Waals surface area contributed by atoms with Crippen LogP contribution < -0.4 is 10.1 Å². The minimum Gasteiger partial charge on any atom is -0.485 e. The van der Waals surface area contributed by atoms with E-state index in [-0.39, 0.29) is 23.8 Å². The largest absolute Gasteiger partial charge is 0.485 e. The molecule has 118 valence electrons. The van der Waals surface area contributed by atoms with E-state index in [1.54, 1.807) is 33.8 Å². The van der Waals surface area contributed by atoms with Gasteiger partial charge in [0.2, 0.25) is 0 Å². The highest BCUT2D eigenvalue weighted by atomic mass is 19.1. The average Bonchev–Trinajstić information content (AvgIpc) is 2.49. The Labute approximate surface area is 127 Å². The SMILES string of the molecule is Cc1cc(F)c2c(c1)OCC(=NC(=O)OC(C)(C)C)C(=O)N2. The van der Waals surface area contributed by atoms with Crippen molar-refractivity contribution in [2.24, 2.45) is 4.99 Å². The first-order chi connectivity index (χ1) is 10.2. The summed E-state index contributed by atoms with van der Waals surface area (Å²) in [5.41, 5.74) is -0.319. The number of hydrogen-bond donors (Lipinski definition) is 1. The maximum absolute atomic E-state index is 13.9. The highest BCUT2D eigenvalue weighted by molar-refractivity contribution is 6.45. The molecule has 1 heterocycles. The lowest BCUT2D eigenvalue weighted by molar-refractivity contribution is -0.110. The van der Waals surface area contributed by atoms with Crippen molar-refractivity contribution in [3.05, 3.63) is 23.5 Å². The van der Waals surface area contributed by atoms with E-state index in [0.717, 1.165) is 0 Å². The summed E-state index contributed by atoms with van der Waals surface area (Å²) in [5, 5.41) is 2.36. The monoisotopic (exact) mass is 308 g/mol. The molecule has 1 aromatic rings. The normalized spacial score (nSPS) is 16.4. The Bertz CT molecular complexity index is 662. The highest BCUT2D eigenvalue weighted by Gasteiger charge is 2.25. The van der Waals surface area contributed by atoms with Crippen LogP contribution in [0.25, 0.3) is 0 Å². The summed E-state index contributed by atoms with van der Waals surface area (Å²) in [6.45, 7) is 6.50. The third-order valence-electron chi connectivity index (χ3n) is 2.68. The number of fused-ring (bicyclic) bond motifs is 1.